The van der Waals surface area contributed by atoms with E-state index in [1.807, 2.05) is 12.1 Å². The molecule has 1 unspecified atom stereocenters. The molecular weight excluding hydrogens is 326 g/mol. The normalized spacial score (nSPS) is 17.4. The maximum Gasteiger partial charge on any atom is 0.324 e. The number of nitrogens with one attached hydrogen (secondary N) is 1. The number of benzene rings is 1. The molecule has 1 aromatic carbocycles. The molecule has 5 nitrogen and oxygen atoms in total. The van der Waals surface area contributed by atoms with Gasteiger partial charge in [0.15, 0.2) is 0 Å². The molecule has 2 aromatic rings. The first-order valence-corrected chi connectivity index (χ1v) is 8.30. The monoisotopic (exact) mass is 343 g/mol. The van der Waals surface area contributed by atoms with E-state index in [1.165, 1.54) is 0 Å². The number of piperidine rings is 1. The largest absolute Gasteiger partial charge is 0.324 e. The van der Waals surface area contributed by atoms with Crippen molar-refractivity contribution in [3.63, 3.8) is 0 Å². The van der Waals surface area contributed by atoms with Gasteiger partial charge in [0, 0.05) is 29.5 Å². The van der Waals surface area contributed by atoms with Crippen molar-refractivity contribution in [2.24, 2.45) is 0 Å². The van der Waals surface area contributed by atoms with Gasteiger partial charge in [0.1, 0.15) is 0 Å². The highest BCUT2D eigenvalue weighted by molar-refractivity contribution is 6.30. The quantitative estimate of drug-likeness (QED) is 0.901. The van der Waals surface area contributed by atoms with E-state index in [2.05, 4.69) is 10.3 Å². The fraction of sp³-hybridized carbons (Fsp3) is 0.278. The number of amides is 3. The molecule has 0 radical (unpaired) electrons. The standard InChI is InChI=1S/C18H18ClN3O2/c19-15-8-6-13(7-9-15)17(23)21-18(24)22-11-2-1-5-16(22)14-4-3-10-20-12-14/h3-4,6-10,12,16H,1-2,5,11H2,(H,21,23,24). The number of nitrogens with zero attached hydrogens (tertiary/aromatic N) is 2. The zero-order valence-electron chi connectivity index (χ0n) is 13.1. The van der Waals surface area contributed by atoms with Gasteiger partial charge in [-0.25, -0.2) is 4.79 Å². The number of rotatable bonds is 2. The van der Waals surface area contributed by atoms with Crippen molar-refractivity contribution in [1.82, 2.24) is 15.2 Å². The van der Waals surface area contributed by atoms with Crippen LogP contribution in [-0.2, 0) is 0 Å². The van der Waals surface area contributed by atoms with E-state index < -0.39 is 5.91 Å². The van der Waals surface area contributed by atoms with Gasteiger partial charge in [0.05, 0.1) is 6.04 Å². The molecule has 6 heteroatoms. The zero-order valence-corrected chi connectivity index (χ0v) is 13.9. The average Bonchev–Trinajstić information content (AvgIpc) is 2.63. The Morgan fingerprint density at radius 2 is 1.96 bits per heavy atom. The lowest BCUT2D eigenvalue weighted by molar-refractivity contribution is 0.0934. The molecule has 3 amide bonds. The maximum atomic E-state index is 12.6. The van der Waals surface area contributed by atoms with Crippen LogP contribution in [0.15, 0.2) is 48.8 Å². The number of carbonyl (C=O) groups is 2. The summed E-state index contributed by atoms with van der Waals surface area (Å²) in [6, 6.07) is 9.84. The van der Waals surface area contributed by atoms with Crippen molar-refractivity contribution in [2.45, 2.75) is 25.3 Å². The van der Waals surface area contributed by atoms with Crippen LogP contribution in [0.4, 0.5) is 4.79 Å². The number of imide groups is 1. The van der Waals surface area contributed by atoms with Crippen molar-refractivity contribution in [1.29, 1.82) is 0 Å². The first kappa shape index (κ1) is 16.5. The summed E-state index contributed by atoms with van der Waals surface area (Å²) in [4.78, 5) is 30.7. The second-order valence-electron chi connectivity index (χ2n) is 5.76. The van der Waals surface area contributed by atoms with Gasteiger partial charge in [-0.3, -0.25) is 15.1 Å². The van der Waals surface area contributed by atoms with Crippen LogP contribution in [-0.4, -0.2) is 28.4 Å². The Balaban J connectivity index is 1.72. The van der Waals surface area contributed by atoms with Crippen molar-refractivity contribution < 1.29 is 9.59 Å². The molecule has 124 valence electrons. The van der Waals surface area contributed by atoms with Crippen molar-refractivity contribution in [3.05, 3.63) is 64.9 Å². The van der Waals surface area contributed by atoms with Crippen LogP contribution in [0.25, 0.3) is 0 Å². The highest BCUT2D eigenvalue weighted by Crippen LogP contribution is 2.30. The summed E-state index contributed by atoms with van der Waals surface area (Å²) in [5, 5.41) is 3.02. The fourth-order valence-corrected chi connectivity index (χ4v) is 3.06. The van der Waals surface area contributed by atoms with Crippen molar-refractivity contribution >= 4 is 23.5 Å². The number of likely N-dealkylation sites (tertiary alicyclic amines) is 1. The average molecular weight is 344 g/mol. The second-order valence-corrected chi connectivity index (χ2v) is 6.19. The van der Waals surface area contributed by atoms with Gasteiger partial charge >= 0.3 is 6.03 Å². The molecule has 1 aliphatic heterocycles. The van der Waals surface area contributed by atoms with E-state index in [-0.39, 0.29) is 12.1 Å². The van der Waals surface area contributed by atoms with Crippen LogP contribution in [0, 0.1) is 0 Å². The van der Waals surface area contributed by atoms with Gasteiger partial charge in [0.2, 0.25) is 0 Å². The van der Waals surface area contributed by atoms with Crippen molar-refractivity contribution in [3.8, 4) is 0 Å². The smallest absolute Gasteiger partial charge is 0.317 e. The lowest BCUT2D eigenvalue weighted by Gasteiger charge is -2.35. The minimum atomic E-state index is -0.424. The summed E-state index contributed by atoms with van der Waals surface area (Å²) in [6.45, 7) is 0.624. The molecule has 0 bridgehead atoms. The topological polar surface area (TPSA) is 62.3 Å². The third-order valence-corrected chi connectivity index (χ3v) is 4.41. The molecule has 0 saturated carbocycles. The molecule has 1 aliphatic rings. The molecular formula is C18H18ClN3O2. The minimum absolute atomic E-state index is 0.0505. The number of carbonyl (C=O) groups excluding carboxylic acids is 2. The van der Waals surface area contributed by atoms with Gasteiger partial charge in [-0.2, -0.15) is 0 Å². The van der Waals surface area contributed by atoms with Gasteiger partial charge in [-0.05, 0) is 55.2 Å². The Morgan fingerprint density at radius 1 is 1.17 bits per heavy atom. The van der Waals surface area contributed by atoms with Gasteiger partial charge in [-0.15, -0.1) is 0 Å². The van der Waals surface area contributed by atoms with Gasteiger partial charge in [0.25, 0.3) is 5.91 Å². The van der Waals surface area contributed by atoms with E-state index in [4.69, 9.17) is 11.6 Å². The first-order chi connectivity index (χ1) is 11.6. The van der Waals surface area contributed by atoms with E-state index in [0.29, 0.717) is 17.1 Å². The Morgan fingerprint density at radius 3 is 2.67 bits per heavy atom. The molecule has 1 aromatic heterocycles. The minimum Gasteiger partial charge on any atom is -0.317 e. The number of halogens is 1. The summed E-state index contributed by atoms with van der Waals surface area (Å²) in [5.41, 5.74) is 1.40. The molecule has 2 heterocycles. The third-order valence-electron chi connectivity index (χ3n) is 4.16. The van der Waals surface area contributed by atoms with E-state index >= 15 is 0 Å². The summed E-state index contributed by atoms with van der Waals surface area (Å²) >= 11 is 5.82. The molecule has 24 heavy (non-hydrogen) atoms. The molecule has 3 rings (SSSR count). The van der Waals surface area contributed by atoms with Crippen LogP contribution in [0.1, 0.15) is 41.2 Å². The molecule has 0 spiro atoms. The van der Waals surface area contributed by atoms with Crippen LogP contribution in [0.3, 0.4) is 0 Å². The van der Waals surface area contributed by atoms with Crippen LogP contribution < -0.4 is 5.32 Å². The summed E-state index contributed by atoms with van der Waals surface area (Å²) in [5.74, 6) is -0.424. The van der Waals surface area contributed by atoms with Crippen LogP contribution >= 0.6 is 11.6 Å². The molecule has 1 fully saturated rings. The second kappa shape index (κ2) is 7.45. The number of pyridine rings is 1. The van der Waals surface area contributed by atoms with Gasteiger partial charge < -0.3 is 4.90 Å². The predicted octanol–water partition coefficient (Wildman–Crippen LogP) is 3.81. The molecule has 1 atom stereocenters. The Bertz CT molecular complexity index is 719. The molecule has 1 saturated heterocycles. The highest BCUT2D eigenvalue weighted by Gasteiger charge is 2.29. The molecule has 0 aliphatic carbocycles. The fourth-order valence-electron chi connectivity index (χ4n) is 2.94. The summed E-state index contributed by atoms with van der Waals surface area (Å²) in [7, 11) is 0. The maximum absolute atomic E-state index is 12.6. The van der Waals surface area contributed by atoms with E-state index in [0.717, 1.165) is 24.8 Å². The lowest BCUT2D eigenvalue weighted by atomic mass is 9.97. The van der Waals surface area contributed by atoms with Gasteiger partial charge in [-0.1, -0.05) is 17.7 Å². The van der Waals surface area contributed by atoms with E-state index in [1.54, 1.807) is 41.6 Å². The predicted molar refractivity (Wildman–Crippen MR) is 91.8 cm³/mol. The zero-order chi connectivity index (χ0) is 16.9. The Labute approximate surface area is 145 Å². The molecule has 1 N–H and O–H groups in total. The highest BCUT2D eigenvalue weighted by atomic mass is 35.5. The van der Waals surface area contributed by atoms with E-state index in [9.17, 15) is 9.59 Å². The SMILES string of the molecule is O=C(NC(=O)N1CCCCC1c1cccnc1)c1ccc(Cl)cc1. The van der Waals surface area contributed by atoms with Crippen LogP contribution in [0.2, 0.25) is 5.02 Å². The third kappa shape index (κ3) is 3.74. The number of hydrogen-bond donors (Lipinski definition) is 1. The van der Waals surface area contributed by atoms with Crippen molar-refractivity contribution in [2.75, 3.05) is 6.54 Å². The number of urea groups is 1. The Hall–Kier alpha value is -2.40. The Kier molecular flexibility index (Phi) is 5.11. The summed E-state index contributed by atoms with van der Waals surface area (Å²) < 4.78 is 0. The number of hydrogen-bond acceptors (Lipinski definition) is 3. The summed E-state index contributed by atoms with van der Waals surface area (Å²) in [6.07, 6.45) is 6.33. The number of aromatic nitrogens is 1. The lowest BCUT2D eigenvalue weighted by Crippen LogP contribution is -2.46. The van der Waals surface area contributed by atoms with Crippen LogP contribution in [0.5, 0.6) is 0 Å². The first-order valence-electron chi connectivity index (χ1n) is 7.92.